The topological polar surface area (TPSA) is 46.3 Å². The summed E-state index contributed by atoms with van der Waals surface area (Å²) in [6.45, 7) is 5.80. The number of hydrogen-bond acceptors (Lipinski definition) is 2. The van der Waals surface area contributed by atoms with E-state index in [1.165, 1.54) is 0 Å². The third-order valence-electron chi connectivity index (χ3n) is 3.63. The predicted octanol–water partition coefficient (Wildman–Crippen LogP) is 3.22. The molecule has 1 amide bonds. The molecule has 112 valence electrons. The Morgan fingerprint density at radius 3 is 2.35 bits per heavy atom. The van der Waals surface area contributed by atoms with Crippen molar-refractivity contribution in [1.82, 2.24) is 4.90 Å². The van der Waals surface area contributed by atoms with E-state index in [-0.39, 0.29) is 18.3 Å². The lowest BCUT2D eigenvalue weighted by Crippen LogP contribution is -2.34. The third-order valence-corrected chi connectivity index (χ3v) is 3.63. The van der Waals surface area contributed by atoms with E-state index in [9.17, 15) is 4.79 Å². The maximum Gasteiger partial charge on any atom is 0.254 e. The van der Waals surface area contributed by atoms with Gasteiger partial charge in [-0.15, -0.1) is 12.4 Å². The van der Waals surface area contributed by atoms with Gasteiger partial charge < -0.3 is 10.6 Å². The summed E-state index contributed by atoms with van der Waals surface area (Å²) in [5.41, 5.74) is 7.43. The Kier molecular flexibility index (Phi) is 6.50. The Labute approximate surface area is 127 Å². The van der Waals surface area contributed by atoms with Crippen LogP contribution in [0.3, 0.4) is 0 Å². The summed E-state index contributed by atoms with van der Waals surface area (Å²) in [6.07, 6.45) is 3.39. The van der Waals surface area contributed by atoms with Crippen LogP contribution in [-0.2, 0) is 6.54 Å². The van der Waals surface area contributed by atoms with E-state index < -0.39 is 0 Å². The molecular formula is C16H25ClN2O. The molecule has 0 heterocycles. The summed E-state index contributed by atoms with van der Waals surface area (Å²) >= 11 is 0. The number of nitrogens with zero attached hydrogens (tertiary/aromatic N) is 1. The molecule has 1 aliphatic rings. The molecule has 0 radical (unpaired) electrons. The number of hydrogen-bond donors (Lipinski definition) is 1. The van der Waals surface area contributed by atoms with Crippen molar-refractivity contribution in [1.29, 1.82) is 0 Å². The first-order valence-corrected chi connectivity index (χ1v) is 7.21. The van der Waals surface area contributed by atoms with E-state index in [4.69, 9.17) is 5.73 Å². The molecule has 0 bridgehead atoms. The first-order valence-electron chi connectivity index (χ1n) is 7.21. The lowest BCUT2D eigenvalue weighted by atomic mass is 10.1. The smallest absolute Gasteiger partial charge is 0.254 e. The quantitative estimate of drug-likeness (QED) is 0.876. The summed E-state index contributed by atoms with van der Waals surface area (Å²) in [6, 6.07) is 8.16. The molecule has 1 aromatic rings. The number of nitrogens with two attached hydrogens (primary N) is 1. The molecule has 1 fully saturated rings. The maximum absolute atomic E-state index is 12.5. The van der Waals surface area contributed by atoms with E-state index in [2.05, 4.69) is 18.7 Å². The minimum absolute atomic E-state index is 0. The first kappa shape index (κ1) is 17.0. The van der Waals surface area contributed by atoms with E-state index in [1.54, 1.807) is 0 Å². The largest absolute Gasteiger partial charge is 0.336 e. The standard InChI is InChI=1S/C16H24N2O.ClH/c1-12(2)9-10-18(15-7-8-15)16(19)14-5-3-13(11-17)4-6-14;/h3-6,12,15H,7-11,17H2,1-2H3;1H. The Morgan fingerprint density at radius 2 is 1.90 bits per heavy atom. The van der Waals surface area contributed by atoms with Crippen molar-refractivity contribution in [3.63, 3.8) is 0 Å². The van der Waals surface area contributed by atoms with Crippen LogP contribution in [0.4, 0.5) is 0 Å². The van der Waals surface area contributed by atoms with Crippen molar-refractivity contribution in [3.05, 3.63) is 35.4 Å². The number of carbonyl (C=O) groups excluding carboxylic acids is 1. The molecule has 3 nitrogen and oxygen atoms in total. The molecule has 0 aliphatic heterocycles. The molecular weight excluding hydrogens is 272 g/mol. The molecule has 0 unspecified atom stereocenters. The second kappa shape index (κ2) is 7.65. The number of amides is 1. The Morgan fingerprint density at radius 1 is 1.30 bits per heavy atom. The van der Waals surface area contributed by atoms with Crippen molar-refractivity contribution in [2.75, 3.05) is 6.54 Å². The van der Waals surface area contributed by atoms with Crippen LogP contribution in [0, 0.1) is 5.92 Å². The molecule has 0 saturated heterocycles. The van der Waals surface area contributed by atoms with Crippen LogP contribution in [0.1, 0.15) is 49.0 Å². The van der Waals surface area contributed by atoms with Gasteiger partial charge in [-0.25, -0.2) is 0 Å². The first-order chi connectivity index (χ1) is 9.11. The van der Waals surface area contributed by atoms with Gasteiger partial charge in [0.05, 0.1) is 0 Å². The minimum atomic E-state index is 0. The molecule has 2 rings (SSSR count). The molecule has 1 saturated carbocycles. The maximum atomic E-state index is 12.5. The van der Waals surface area contributed by atoms with Crippen LogP contribution >= 0.6 is 12.4 Å². The van der Waals surface area contributed by atoms with Gasteiger partial charge in [0, 0.05) is 24.7 Å². The van der Waals surface area contributed by atoms with Crippen molar-refractivity contribution in [2.45, 2.75) is 45.7 Å². The van der Waals surface area contributed by atoms with Gasteiger partial charge in [-0.1, -0.05) is 26.0 Å². The lowest BCUT2D eigenvalue weighted by molar-refractivity contribution is 0.0735. The normalized spacial score (nSPS) is 14.0. The van der Waals surface area contributed by atoms with Crippen molar-refractivity contribution in [2.24, 2.45) is 11.7 Å². The van der Waals surface area contributed by atoms with Crippen LogP contribution in [0.15, 0.2) is 24.3 Å². The zero-order valence-corrected chi connectivity index (χ0v) is 13.2. The highest BCUT2D eigenvalue weighted by Gasteiger charge is 2.32. The SMILES string of the molecule is CC(C)CCN(C(=O)c1ccc(CN)cc1)C1CC1.Cl. The van der Waals surface area contributed by atoms with Crippen molar-refractivity contribution >= 4 is 18.3 Å². The van der Waals surface area contributed by atoms with Crippen molar-refractivity contribution in [3.8, 4) is 0 Å². The van der Waals surface area contributed by atoms with Crippen LogP contribution < -0.4 is 5.73 Å². The van der Waals surface area contributed by atoms with Crippen LogP contribution in [0.5, 0.6) is 0 Å². The number of benzene rings is 1. The van der Waals surface area contributed by atoms with Crippen LogP contribution in [-0.4, -0.2) is 23.4 Å². The summed E-state index contributed by atoms with van der Waals surface area (Å²) in [7, 11) is 0. The average molecular weight is 297 g/mol. The number of halogens is 1. The average Bonchev–Trinajstić information content (AvgIpc) is 3.23. The van der Waals surface area contributed by atoms with Gasteiger partial charge in [0.2, 0.25) is 0 Å². The van der Waals surface area contributed by atoms with Gasteiger partial charge >= 0.3 is 0 Å². The minimum Gasteiger partial charge on any atom is -0.336 e. The highest BCUT2D eigenvalue weighted by molar-refractivity contribution is 5.94. The molecule has 20 heavy (non-hydrogen) atoms. The van der Waals surface area contributed by atoms with Gasteiger partial charge in [0.1, 0.15) is 0 Å². The molecule has 0 spiro atoms. The van der Waals surface area contributed by atoms with Gasteiger partial charge in [-0.3, -0.25) is 4.79 Å². The monoisotopic (exact) mass is 296 g/mol. The summed E-state index contributed by atoms with van der Waals surface area (Å²) < 4.78 is 0. The fourth-order valence-corrected chi connectivity index (χ4v) is 2.18. The lowest BCUT2D eigenvalue weighted by Gasteiger charge is -2.23. The summed E-state index contributed by atoms with van der Waals surface area (Å²) in [4.78, 5) is 14.6. The highest BCUT2D eigenvalue weighted by Crippen LogP contribution is 2.29. The summed E-state index contributed by atoms with van der Waals surface area (Å²) in [5, 5.41) is 0. The van der Waals surface area contributed by atoms with Gasteiger partial charge in [-0.2, -0.15) is 0 Å². The van der Waals surface area contributed by atoms with Crippen molar-refractivity contribution < 1.29 is 4.79 Å². The molecule has 1 aliphatic carbocycles. The van der Waals surface area contributed by atoms with Crippen LogP contribution in [0.2, 0.25) is 0 Å². The second-order valence-electron chi connectivity index (χ2n) is 5.81. The molecule has 2 N–H and O–H groups in total. The third kappa shape index (κ3) is 4.50. The Hall–Kier alpha value is -1.06. The van der Waals surface area contributed by atoms with Gasteiger partial charge in [-0.05, 0) is 42.9 Å². The van der Waals surface area contributed by atoms with E-state index in [0.717, 1.165) is 36.9 Å². The zero-order chi connectivity index (χ0) is 13.8. The van der Waals surface area contributed by atoms with Gasteiger partial charge in [0.25, 0.3) is 5.91 Å². The number of rotatable bonds is 6. The summed E-state index contributed by atoms with van der Waals surface area (Å²) in [5.74, 6) is 0.806. The molecule has 0 atom stereocenters. The Bertz CT molecular complexity index is 427. The fraction of sp³-hybridized carbons (Fsp3) is 0.562. The molecule has 4 heteroatoms. The van der Waals surface area contributed by atoms with Gasteiger partial charge in [0.15, 0.2) is 0 Å². The molecule has 0 aromatic heterocycles. The second-order valence-corrected chi connectivity index (χ2v) is 5.81. The fourth-order valence-electron chi connectivity index (χ4n) is 2.18. The predicted molar refractivity (Wildman–Crippen MR) is 85.1 cm³/mol. The molecule has 1 aromatic carbocycles. The Balaban J connectivity index is 0.00000200. The highest BCUT2D eigenvalue weighted by atomic mass is 35.5. The zero-order valence-electron chi connectivity index (χ0n) is 12.3. The van der Waals surface area contributed by atoms with Crippen LogP contribution in [0.25, 0.3) is 0 Å². The van der Waals surface area contributed by atoms with E-state index in [0.29, 0.717) is 18.5 Å². The number of carbonyl (C=O) groups is 1. The van der Waals surface area contributed by atoms with E-state index >= 15 is 0 Å². The van der Waals surface area contributed by atoms with E-state index in [1.807, 2.05) is 24.3 Å².